The van der Waals surface area contributed by atoms with Crippen molar-refractivity contribution in [2.75, 3.05) is 5.73 Å². The van der Waals surface area contributed by atoms with Crippen LogP contribution >= 0.6 is 0 Å². The third-order valence-electron chi connectivity index (χ3n) is 2.45. The fourth-order valence-corrected chi connectivity index (χ4v) is 1.56. The third kappa shape index (κ3) is 1.73. The van der Waals surface area contributed by atoms with E-state index < -0.39 is 5.82 Å². The minimum atomic E-state index is -0.415. The van der Waals surface area contributed by atoms with Crippen LogP contribution in [0.1, 0.15) is 0 Å². The lowest BCUT2D eigenvalue weighted by atomic mass is 10.2. The number of hydrogen-bond donors (Lipinski definition) is 1. The molecule has 1 aromatic carbocycles. The van der Waals surface area contributed by atoms with Gasteiger partial charge in [0.2, 0.25) is 5.82 Å². The number of hydrogen-bond acceptors (Lipinski definition) is 5. The average Bonchev–Trinajstić information content (AvgIpc) is 3.00. The van der Waals surface area contributed by atoms with Gasteiger partial charge in [0.25, 0.3) is 5.89 Å². The molecular weight excluding hydrogens is 237 g/mol. The lowest BCUT2D eigenvalue weighted by Gasteiger charge is -1.99. The predicted octanol–water partition coefficient (Wildman–Crippen LogP) is 2.72. The summed E-state index contributed by atoms with van der Waals surface area (Å²) in [6.45, 7) is 0. The standard InChI is InChI=1S/C12H8FN3O2/c13-8-1-2-10(14)9(5-8)12-15-11(16-18-12)7-3-4-17-6-7/h1-6H,14H2. The highest BCUT2D eigenvalue weighted by atomic mass is 19.1. The van der Waals surface area contributed by atoms with Gasteiger partial charge in [0.05, 0.1) is 17.4 Å². The Labute approximate surface area is 101 Å². The van der Waals surface area contributed by atoms with Crippen LogP contribution in [0.4, 0.5) is 10.1 Å². The van der Waals surface area contributed by atoms with Crippen LogP contribution < -0.4 is 5.73 Å². The largest absolute Gasteiger partial charge is 0.472 e. The Morgan fingerprint density at radius 1 is 1.22 bits per heavy atom. The van der Waals surface area contributed by atoms with E-state index in [0.29, 0.717) is 22.6 Å². The van der Waals surface area contributed by atoms with Crippen molar-refractivity contribution in [3.8, 4) is 22.8 Å². The summed E-state index contributed by atoms with van der Waals surface area (Å²) in [6.07, 6.45) is 2.99. The highest BCUT2D eigenvalue weighted by Gasteiger charge is 2.14. The number of nitrogens with two attached hydrogens (primary N) is 1. The van der Waals surface area contributed by atoms with E-state index in [1.165, 1.54) is 30.7 Å². The predicted molar refractivity (Wildman–Crippen MR) is 61.8 cm³/mol. The first kappa shape index (κ1) is 10.5. The van der Waals surface area contributed by atoms with Crippen LogP contribution in [-0.4, -0.2) is 10.1 Å². The zero-order valence-corrected chi connectivity index (χ0v) is 9.13. The van der Waals surface area contributed by atoms with Gasteiger partial charge in [0.1, 0.15) is 12.1 Å². The molecule has 0 atom stereocenters. The van der Waals surface area contributed by atoms with Gasteiger partial charge in [-0.3, -0.25) is 0 Å². The van der Waals surface area contributed by atoms with Crippen LogP contribution in [0.2, 0.25) is 0 Å². The van der Waals surface area contributed by atoms with E-state index in [-0.39, 0.29) is 5.89 Å². The van der Waals surface area contributed by atoms with Gasteiger partial charge in [-0.15, -0.1) is 0 Å². The molecule has 2 heterocycles. The summed E-state index contributed by atoms with van der Waals surface area (Å²) >= 11 is 0. The minimum absolute atomic E-state index is 0.170. The van der Waals surface area contributed by atoms with Crippen LogP contribution in [0.15, 0.2) is 45.7 Å². The summed E-state index contributed by atoms with van der Waals surface area (Å²) in [4.78, 5) is 4.14. The van der Waals surface area contributed by atoms with Crippen LogP contribution in [-0.2, 0) is 0 Å². The number of nitrogens with zero attached hydrogens (tertiary/aromatic N) is 2. The van der Waals surface area contributed by atoms with Crippen molar-refractivity contribution in [3.63, 3.8) is 0 Å². The Balaban J connectivity index is 2.05. The van der Waals surface area contributed by atoms with E-state index in [4.69, 9.17) is 14.7 Å². The summed E-state index contributed by atoms with van der Waals surface area (Å²) in [5.74, 6) is 0.118. The van der Waals surface area contributed by atoms with Gasteiger partial charge in [-0.2, -0.15) is 4.98 Å². The maximum Gasteiger partial charge on any atom is 0.260 e. The zero-order valence-electron chi connectivity index (χ0n) is 9.13. The summed E-state index contributed by atoms with van der Waals surface area (Å²) in [6, 6.07) is 5.67. The van der Waals surface area contributed by atoms with E-state index in [1.54, 1.807) is 6.07 Å². The van der Waals surface area contributed by atoms with Crippen molar-refractivity contribution in [1.82, 2.24) is 10.1 Å². The van der Waals surface area contributed by atoms with Gasteiger partial charge in [-0.1, -0.05) is 5.16 Å². The van der Waals surface area contributed by atoms with Gasteiger partial charge in [0, 0.05) is 5.69 Å². The van der Waals surface area contributed by atoms with Crippen LogP contribution in [0.3, 0.4) is 0 Å². The van der Waals surface area contributed by atoms with E-state index in [1.807, 2.05) is 0 Å². The van der Waals surface area contributed by atoms with E-state index in [2.05, 4.69) is 10.1 Å². The van der Waals surface area contributed by atoms with Crippen LogP contribution in [0.25, 0.3) is 22.8 Å². The fourth-order valence-electron chi connectivity index (χ4n) is 1.56. The maximum absolute atomic E-state index is 13.2. The molecule has 0 saturated heterocycles. The molecule has 2 N–H and O–H groups in total. The Bertz CT molecular complexity index is 676. The Kier molecular flexibility index (Phi) is 2.33. The molecule has 90 valence electrons. The van der Waals surface area contributed by atoms with Crippen LogP contribution in [0, 0.1) is 5.82 Å². The van der Waals surface area contributed by atoms with Crippen LogP contribution in [0.5, 0.6) is 0 Å². The molecule has 0 saturated carbocycles. The number of anilines is 1. The van der Waals surface area contributed by atoms with Crippen molar-refractivity contribution in [2.24, 2.45) is 0 Å². The molecule has 0 fully saturated rings. The topological polar surface area (TPSA) is 78.1 Å². The third-order valence-corrected chi connectivity index (χ3v) is 2.45. The molecule has 6 heteroatoms. The van der Waals surface area contributed by atoms with Gasteiger partial charge in [0.15, 0.2) is 0 Å². The first-order chi connectivity index (χ1) is 8.74. The molecule has 18 heavy (non-hydrogen) atoms. The van der Waals surface area contributed by atoms with E-state index in [9.17, 15) is 4.39 Å². The summed E-state index contributed by atoms with van der Waals surface area (Å²) in [7, 11) is 0. The monoisotopic (exact) mass is 245 g/mol. The van der Waals surface area contributed by atoms with Crippen molar-refractivity contribution in [3.05, 3.63) is 42.6 Å². The zero-order chi connectivity index (χ0) is 12.5. The smallest absolute Gasteiger partial charge is 0.260 e. The highest BCUT2D eigenvalue weighted by molar-refractivity contribution is 5.71. The fraction of sp³-hybridized carbons (Fsp3) is 0. The SMILES string of the molecule is Nc1ccc(F)cc1-c1nc(-c2ccoc2)no1. The molecule has 2 aromatic heterocycles. The first-order valence-electron chi connectivity index (χ1n) is 5.16. The van der Waals surface area contributed by atoms with E-state index >= 15 is 0 Å². The second kappa shape index (κ2) is 3.99. The second-order valence-corrected chi connectivity index (χ2v) is 3.67. The van der Waals surface area contributed by atoms with Gasteiger partial charge in [-0.05, 0) is 24.3 Å². The molecule has 0 unspecified atom stereocenters. The molecule has 0 amide bonds. The quantitative estimate of drug-likeness (QED) is 0.702. The molecule has 0 radical (unpaired) electrons. The van der Waals surface area contributed by atoms with Gasteiger partial charge < -0.3 is 14.7 Å². The lowest BCUT2D eigenvalue weighted by Crippen LogP contribution is -1.91. The average molecular weight is 245 g/mol. The Morgan fingerprint density at radius 3 is 2.89 bits per heavy atom. The Hall–Kier alpha value is -2.63. The molecule has 3 aromatic rings. The summed E-state index contributed by atoms with van der Waals surface area (Å²) in [5, 5.41) is 3.78. The molecule has 0 spiro atoms. The number of halogens is 1. The summed E-state index contributed by atoms with van der Waals surface area (Å²) in [5.41, 5.74) is 7.16. The molecule has 0 aliphatic carbocycles. The molecule has 3 rings (SSSR count). The molecule has 0 aliphatic rings. The number of benzene rings is 1. The van der Waals surface area contributed by atoms with Crippen molar-refractivity contribution in [2.45, 2.75) is 0 Å². The van der Waals surface area contributed by atoms with Gasteiger partial charge in [-0.25, -0.2) is 4.39 Å². The number of aromatic nitrogens is 2. The molecule has 0 aliphatic heterocycles. The van der Waals surface area contributed by atoms with Crippen molar-refractivity contribution >= 4 is 5.69 Å². The van der Waals surface area contributed by atoms with E-state index in [0.717, 1.165) is 0 Å². The van der Waals surface area contributed by atoms with Crippen molar-refractivity contribution < 1.29 is 13.3 Å². The molecule has 0 bridgehead atoms. The normalized spacial score (nSPS) is 10.7. The number of furan rings is 1. The molecule has 5 nitrogen and oxygen atoms in total. The molecular formula is C12H8FN3O2. The number of rotatable bonds is 2. The minimum Gasteiger partial charge on any atom is -0.472 e. The second-order valence-electron chi connectivity index (χ2n) is 3.67. The van der Waals surface area contributed by atoms with Gasteiger partial charge >= 0.3 is 0 Å². The maximum atomic E-state index is 13.2. The number of nitrogen functional groups attached to an aromatic ring is 1. The Morgan fingerprint density at radius 2 is 2.11 bits per heavy atom. The first-order valence-corrected chi connectivity index (χ1v) is 5.16. The summed E-state index contributed by atoms with van der Waals surface area (Å²) < 4.78 is 23.1. The highest BCUT2D eigenvalue weighted by Crippen LogP contribution is 2.27. The van der Waals surface area contributed by atoms with Crippen molar-refractivity contribution in [1.29, 1.82) is 0 Å². The lowest BCUT2D eigenvalue weighted by molar-refractivity contribution is 0.432.